The van der Waals surface area contributed by atoms with E-state index in [9.17, 15) is 0 Å². The molecular weight excluding hydrogens is 326 g/mol. The second-order valence-corrected chi connectivity index (χ2v) is 6.79. The third-order valence-corrected chi connectivity index (χ3v) is 4.79. The maximum absolute atomic E-state index is 6.34. The molecule has 2 nitrogen and oxygen atoms in total. The molecule has 0 aromatic heterocycles. The molecule has 0 bridgehead atoms. The lowest BCUT2D eigenvalue weighted by molar-refractivity contribution is 0.247. The standard InChI is InChI=1S/C18H20BrNO/c19-16-8-7-15(12-18(20)9-4-10-18)11-17(16)21-13-14-5-2-1-3-6-14/h1-3,5-8,11H,4,9-10,12-13,20H2. The smallest absolute Gasteiger partial charge is 0.134 e. The Bertz CT molecular complexity index is 608. The zero-order valence-corrected chi connectivity index (χ0v) is 13.6. The van der Waals surface area contributed by atoms with E-state index in [1.807, 2.05) is 18.2 Å². The average Bonchev–Trinajstić information content (AvgIpc) is 2.47. The highest BCUT2D eigenvalue weighted by Gasteiger charge is 2.32. The molecule has 0 radical (unpaired) electrons. The fraction of sp³-hybridized carbons (Fsp3) is 0.333. The number of benzene rings is 2. The Hall–Kier alpha value is -1.32. The molecule has 3 heteroatoms. The van der Waals surface area contributed by atoms with Gasteiger partial charge in [0.05, 0.1) is 4.47 Å². The quantitative estimate of drug-likeness (QED) is 0.868. The predicted octanol–water partition coefficient (Wildman–Crippen LogP) is 4.45. The minimum absolute atomic E-state index is 0.00449. The average molecular weight is 346 g/mol. The van der Waals surface area contributed by atoms with Crippen molar-refractivity contribution in [3.05, 3.63) is 64.1 Å². The number of nitrogens with two attached hydrogens (primary N) is 1. The molecule has 1 aliphatic carbocycles. The highest BCUT2D eigenvalue weighted by molar-refractivity contribution is 9.10. The van der Waals surface area contributed by atoms with Gasteiger partial charge in [0.15, 0.2) is 0 Å². The first-order valence-electron chi connectivity index (χ1n) is 7.39. The Kier molecular flexibility index (Phi) is 4.32. The van der Waals surface area contributed by atoms with E-state index in [1.165, 1.54) is 17.5 Å². The molecule has 1 aliphatic rings. The second kappa shape index (κ2) is 6.20. The van der Waals surface area contributed by atoms with Crippen molar-refractivity contribution in [3.8, 4) is 5.75 Å². The molecule has 0 spiro atoms. The lowest BCUT2D eigenvalue weighted by Crippen LogP contribution is -2.48. The van der Waals surface area contributed by atoms with Gasteiger partial charge in [-0.3, -0.25) is 0 Å². The van der Waals surface area contributed by atoms with Gasteiger partial charge in [0.25, 0.3) is 0 Å². The SMILES string of the molecule is NC1(Cc2ccc(Br)c(OCc3ccccc3)c2)CCC1. The summed E-state index contributed by atoms with van der Waals surface area (Å²) in [6.45, 7) is 0.580. The highest BCUT2D eigenvalue weighted by atomic mass is 79.9. The van der Waals surface area contributed by atoms with Crippen LogP contribution in [-0.2, 0) is 13.0 Å². The summed E-state index contributed by atoms with van der Waals surface area (Å²) in [6, 6.07) is 16.5. The van der Waals surface area contributed by atoms with E-state index in [2.05, 4.69) is 46.3 Å². The van der Waals surface area contributed by atoms with Crippen LogP contribution in [-0.4, -0.2) is 5.54 Å². The number of ether oxygens (including phenoxy) is 1. The highest BCUT2D eigenvalue weighted by Crippen LogP contribution is 2.34. The Balaban J connectivity index is 1.69. The Labute approximate surface area is 134 Å². The second-order valence-electron chi connectivity index (χ2n) is 5.93. The molecule has 2 aromatic carbocycles. The summed E-state index contributed by atoms with van der Waals surface area (Å²) in [7, 11) is 0. The maximum Gasteiger partial charge on any atom is 0.134 e. The van der Waals surface area contributed by atoms with Crippen LogP contribution in [0, 0.1) is 0 Å². The molecular formula is C18H20BrNO. The van der Waals surface area contributed by atoms with Crippen molar-refractivity contribution in [2.24, 2.45) is 5.73 Å². The van der Waals surface area contributed by atoms with Crippen LogP contribution in [0.1, 0.15) is 30.4 Å². The van der Waals surface area contributed by atoms with E-state index in [0.717, 1.165) is 29.5 Å². The van der Waals surface area contributed by atoms with Crippen molar-refractivity contribution in [3.63, 3.8) is 0 Å². The van der Waals surface area contributed by atoms with Gasteiger partial charge < -0.3 is 10.5 Å². The van der Waals surface area contributed by atoms with Crippen molar-refractivity contribution in [1.29, 1.82) is 0 Å². The normalized spacial score (nSPS) is 16.3. The van der Waals surface area contributed by atoms with Crippen LogP contribution in [0.3, 0.4) is 0 Å². The lowest BCUT2D eigenvalue weighted by Gasteiger charge is -2.38. The molecule has 21 heavy (non-hydrogen) atoms. The minimum atomic E-state index is 0.00449. The number of rotatable bonds is 5. The molecule has 1 fully saturated rings. The fourth-order valence-corrected chi connectivity index (χ4v) is 3.08. The van der Waals surface area contributed by atoms with E-state index in [1.54, 1.807) is 0 Å². The zero-order chi connectivity index (χ0) is 14.7. The monoisotopic (exact) mass is 345 g/mol. The molecule has 0 atom stereocenters. The molecule has 1 saturated carbocycles. The number of halogens is 1. The Morgan fingerprint density at radius 2 is 1.81 bits per heavy atom. The van der Waals surface area contributed by atoms with Gasteiger partial charge >= 0.3 is 0 Å². The Morgan fingerprint density at radius 3 is 2.48 bits per heavy atom. The van der Waals surface area contributed by atoms with Gasteiger partial charge in [0, 0.05) is 5.54 Å². The maximum atomic E-state index is 6.34. The van der Waals surface area contributed by atoms with Crippen LogP contribution in [0.4, 0.5) is 0 Å². The van der Waals surface area contributed by atoms with Crippen molar-refractivity contribution in [2.45, 2.75) is 37.8 Å². The summed E-state index contributed by atoms with van der Waals surface area (Å²) in [4.78, 5) is 0. The van der Waals surface area contributed by atoms with E-state index < -0.39 is 0 Å². The van der Waals surface area contributed by atoms with Crippen LogP contribution in [0.5, 0.6) is 5.75 Å². The van der Waals surface area contributed by atoms with Gasteiger partial charge in [-0.2, -0.15) is 0 Å². The number of hydrogen-bond acceptors (Lipinski definition) is 2. The summed E-state index contributed by atoms with van der Waals surface area (Å²) in [6.07, 6.45) is 4.44. The third kappa shape index (κ3) is 3.66. The predicted molar refractivity (Wildman–Crippen MR) is 89.4 cm³/mol. The van der Waals surface area contributed by atoms with Crippen LogP contribution in [0.2, 0.25) is 0 Å². The van der Waals surface area contributed by atoms with Crippen molar-refractivity contribution >= 4 is 15.9 Å². The van der Waals surface area contributed by atoms with Gasteiger partial charge in [-0.25, -0.2) is 0 Å². The van der Waals surface area contributed by atoms with Crippen molar-refractivity contribution in [2.75, 3.05) is 0 Å². The van der Waals surface area contributed by atoms with Gasteiger partial charge in [0.1, 0.15) is 12.4 Å². The molecule has 0 aliphatic heterocycles. The zero-order valence-electron chi connectivity index (χ0n) is 12.0. The van der Waals surface area contributed by atoms with Crippen molar-refractivity contribution < 1.29 is 4.74 Å². The number of hydrogen-bond donors (Lipinski definition) is 1. The molecule has 110 valence electrons. The summed E-state index contributed by atoms with van der Waals surface area (Å²) in [5.41, 5.74) is 8.76. The summed E-state index contributed by atoms with van der Waals surface area (Å²) < 4.78 is 6.93. The molecule has 0 heterocycles. The molecule has 0 saturated heterocycles. The first-order chi connectivity index (χ1) is 10.1. The van der Waals surface area contributed by atoms with Gasteiger partial charge in [-0.1, -0.05) is 36.4 Å². The van der Waals surface area contributed by atoms with Crippen LogP contribution >= 0.6 is 15.9 Å². The topological polar surface area (TPSA) is 35.2 Å². The van der Waals surface area contributed by atoms with Gasteiger partial charge in [0.2, 0.25) is 0 Å². The minimum Gasteiger partial charge on any atom is -0.488 e. The molecule has 2 N–H and O–H groups in total. The van der Waals surface area contributed by atoms with E-state index in [0.29, 0.717) is 6.61 Å². The van der Waals surface area contributed by atoms with Crippen LogP contribution < -0.4 is 10.5 Å². The first kappa shape index (κ1) is 14.6. The van der Waals surface area contributed by atoms with Crippen LogP contribution in [0.25, 0.3) is 0 Å². The summed E-state index contributed by atoms with van der Waals surface area (Å²) >= 11 is 3.56. The largest absolute Gasteiger partial charge is 0.488 e. The lowest BCUT2D eigenvalue weighted by atomic mass is 9.74. The van der Waals surface area contributed by atoms with E-state index in [4.69, 9.17) is 10.5 Å². The molecule has 0 amide bonds. The van der Waals surface area contributed by atoms with Crippen molar-refractivity contribution in [1.82, 2.24) is 0 Å². The first-order valence-corrected chi connectivity index (χ1v) is 8.18. The molecule has 3 rings (SSSR count). The Morgan fingerprint density at radius 1 is 1.05 bits per heavy atom. The molecule has 0 unspecified atom stereocenters. The van der Waals surface area contributed by atoms with Crippen LogP contribution in [0.15, 0.2) is 53.0 Å². The third-order valence-electron chi connectivity index (χ3n) is 4.14. The fourth-order valence-electron chi connectivity index (χ4n) is 2.72. The van der Waals surface area contributed by atoms with Gasteiger partial charge in [-0.05, 0) is 64.9 Å². The van der Waals surface area contributed by atoms with E-state index in [-0.39, 0.29) is 5.54 Å². The summed E-state index contributed by atoms with van der Waals surface area (Å²) in [5.74, 6) is 0.888. The molecule has 2 aromatic rings. The van der Waals surface area contributed by atoms with E-state index >= 15 is 0 Å². The van der Waals surface area contributed by atoms with Gasteiger partial charge in [-0.15, -0.1) is 0 Å². The summed E-state index contributed by atoms with van der Waals surface area (Å²) in [5, 5.41) is 0.